The van der Waals surface area contributed by atoms with Crippen LogP contribution in [0.5, 0.6) is 11.5 Å². The van der Waals surface area contributed by atoms with E-state index in [-0.39, 0.29) is 5.75 Å². The number of hydrogen-bond donors (Lipinski definition) is 1. The summed E-state index contributed by atoms with van der Waals surface area (Å²) in [6, 6.07) is 10.8. The molecule has 2 aromatic rings. The highest BCUT2D eigenvalue weighted by atomic mass is 32.1. The minimum Gasteiger partial charge on any atom is -0.504 e. The van der Waals surface area contributed by atoms with E-state index in [1.165, 1.54) is 35.4 Å². The normalized spacial score (nSPS) is 19.5. The van der Waals surface area contributed by atoms with Crippen LogP contribution in [0, 0.1) is 6.92 Å². The summed E-state index contributed by atoms with van der Waals surface area (Å²) in [5, 5.41) is 10.0. The van der Waals surface area contributed by atoms with Crippen LogP contribution in [-0.2, 0) is 6.54 Å². The Kier molecular flexibility index (Phi) is 5.23. The van der Waals surface area contributed by atoms with Gasteiger partial charge in [0.1, 0.15) is 0 Å². The van der Waals surface area contributed by atoms with Gasteiger partial charge in [-0.2, -0.15) is 0 Å². The van der Waals surface area contributed by atoms with E-state index in [1.807, 2.05) is 23.5 Å². The second kappa shape index (κ2) is 7.37. The quantitative estimate of drug-likeness (QED) is 0.866. The van der Waals surface area contributed by atoms with Crippen molar-refractivity contribution in [2.45, 2.75) is 45.2 Å². The number of phenols is 1. The van der Waals surface area contributed by atoms with E-state index >= 15 is 0 Å². The Labute approximate surface area is 142 Å². The SMILES string of the molecule is COc1ccc(CN2CCCCC[C@@H]2c2ccc(C)s2)cc1O. The van der Waals surface area contributed by atoms with Crippen LogP contribution < -0.4 is 4.74 Å². The lowest BCUT2D eigenvalue weighted by Gasteiger charge is -2.29. The number of phenolic OH excluding ortho intramolecular Hbond substituents is 1. The van der Waals surface area contributed by atoms with Gasteiger partial charge in [0.2, 0.25) is 0 Å². The van der Waals surface area contributed by atoms with Gasteiger partial charge >= 0.3 is 0 Å². The molecule has 0 unspecified atom stereocenters. The molecule has 1 saturated heterocycles. The molecule has 0 saturated carbocycles. The molecule has 0 amide bonds. The highest BCUT2D eigenvalue weighted by molar-refractivity contribution is 7.12. The third kappa shape index (κ3) is 3.88. The maximum atomic E-state index is 10.0. The number of methoxy groups -OCH3 is 1. The van der Waals surface area contributed by atoms with Crippen LogP contribution in [-0.4, -0.2) is 23.7 Å². The first-order chi connectivity index (χ1) is 11.2. The fraction of sp³-hybridized carbons (Fsp3) is 0.474. The third-order valence-corrected chi connectivity index (χ3v) is 5.68. The van der Waals surface area contributed by atoms with E-state index in [9.17, 15) is 5.11 Å². The van der Waals surface area contributed by atoms with Gasteiger partial charge in [-0.1, -0.05) is 18.9 Å². The molecule has 124 valence electrons. The molecule has 1 aliphatic heterocycles. The highest BCUT2D eigenvalue weighted by Crippen LogP contribution is 2.36. The van der Waals surface area contributed by atoms with Gasteiger partial charge in [-0.25, -0.2) is 0 Å². The lowest BCUT2D eigenvalue weighted by atomic mass is 10.1. The number of thiophene rings is 1. The fourth-order valence-electron chi connectivity index (χ4n) is 3.38. The number of aromatic hydroxyl groups is 1. The number of ether oxygens (including phenoxy) is 1. The molecular formula is C19H25NO2S. The van der Waals surface area contributed by atoms with E-state index in [4.69, 9.17) is 4.74 Å². The van der Waals surface area contributed by atoms with Crippen LogP contribution in [0.4, 0.5) is 0 Å². The Balaban J connectivity index is 1.81. The molecule has 0 bridgehead atoms. The molecule has 3 nitrogen and oxygen atoms in total. The number of benzene rings is 1. The lowest BCUT2D eigenvalue weighted by Crippen LogP contribution is -2.27. The summed E-state index contributed by atoms with van der Waals surface area (Å²) in [6.07, 6.45) is 5.09. The summed E-state index contributed by atoms with van der Waals surface area (Å²) in [5.74, 6) is 0.762. The average molecular weight is 331 g/mol. The van der Waals surface area contributed by atoms with Crippen molar-refractivity contribution in [3.8, 4) is 11.5 Å². The lowest BCUT2D eigenvalue weighted by molar-refractivity contribution is 0.195. The summed E-state index contributed by atoms with van der Waals surface area (Å²) in [4.78, 5) is 5.42. The van der Waals surface area contributed by atoms with Gasteiger partial charge < -0.3 is 9.84 Å². The molecule has 1 atom stereocenters. The van der Waals surface area contributed by atoms with Gasteiger partial charge in [0, 0.05) is 22.3 Å². The Hall–Kier alpha value is -1.52. The maximum absolute atomic E-state index is 10.0. The van der Waals surface area contributed by atoms with Crippen LogP contribution in [0.2, 0.25) is 0 Å². The molecule has 1 aromatic heterocycles. The summed E-state index contributed by atoms with van der Waals surface area (Å²) < 4.78 is 5.14. The second-order valence-corrected chi connectivity index (χ2v) is 7.61. The molecule has 23 heavy (non-hydrogen) atoms. The largest absolute Gasteiger partial charge is 0.504 e. The third-order valence-electron chi connectivity index (χ3n) is 4.58. The number of nitrogens with zero attached hydrogens (tertiary/aromatic N) is 1. The van der Waals surface area contributed by atoms with E-state index in [2.05, 4.69) is 30.0 Å². The van der Waals surface area contributed by atoms with E-state index in [0.717, 1.165) is 18.7 Å². The van der Waals surface area contributed by atoms with Gasteiger partial charge in [0.15, 0.2) is 11.5 Å². The zero-order valence-corrected chi connectivity index (χ0v) is 14.7. The van der Waals surface area contributed by atoms with Crippen molar-refractivity contribution >= 4 is 11.3 Å². The number of likely N-dealkylation sites (tertiary alicyclic amines) is 1. The van der Waals surface area contributed by atoms with Crippen LogP contribution in [0.25, 0.3) is 0 Å². The molecule has 1 fully saturated rings. The van der Waals surface area contributed by atoms with Crippen molar-refractivity contribution in [1.29, 1.82) is 0 Å². The molecule has 1 aromatic carbocycles. The van der Waals surface area contributed by atoms with Crippen LogP contribution >= 0.6 is 11.3 Å². The Morgan fingerprint density at radius 3 is 2.78 bits per heavy atom. The molecule has 3 rings (SSSR count). The molecular weight excluding hydrogens is 306 g/mol. The predicted octanol–water partition coefficient (Wildman–Crippen LogP) is 4.89. The molecule has 2 heterocycles. The molecule has 0 radical (unpaired) electrons. The van der Waals surface area contributed by atoms with Crippen molar-refractivity contribution in [3.05, 3.63) is 45.6 Å². The van der Waals surface area contributed by atoms with Crippen molar-refractivity contribution in [1.82, 2.24) is 4.90 Å². The van der Waals surface area contributed by atoms with E-state index in [0.29, 0.717) is 11.8 Å². The maximum Gasteiger partial charge on any atom is 0.160 e. The average Bonchev–Trinajstić information content (AvgIpc) is 2.83. The van der Waals surface area contributed by atoms with Gasteiger partial charge in [-0.3, -0.25) is 4.90 Å². The summed E-state index contributed by atoms with van der Waals surface area (Å²) >= 11 is 1.92. The number of hydrogen-bond acceptors (Lipinski definition) is 4. The topological polar surface area (TPSA) is 32.7 Å². The van der Waals surface area contributed by atoms with E-state index in [1.54, 1.807) is 7.11 Å². The van der Waals surface area contributed by atoms with Crippen molar-refractivity contribution in [3.63, 3.8) is 0 Å². The minimum absolute atomic E-state index is 0.225. The molecule has 4 heteroatoms. The van der Waals surface area contributed by atoms with Gasteiger partial charge in [0.05, 0.1) is 7.11 Å². The van der Waals surface area contributed by atoms with Gasteiger partial charge in [-0.15, -0.1) is 11.3 Å². The van der Waals surface area contributed by atoms with Crippen molar-refractivity contribution in [2.24, 2.45) is 0 Å². The Morgan fingerprint density at radius 2 is 2.09 bits per heavy atom. The molecule has 0 aliphatic carbocycles. The summed E-state index contributed by atoms with van der Waals surface area (Å²) in [5.41, 5.74) is 1.14. The first-order valence-corrected chi connectivity index (χ1v) is 9.15. The zero-order valence-electron chi connectivity index (χ0n) is 13.9. The predicted molar refractivity (Wildman–Crippen MR) is 95.3 cm³/mol. The second-order valence-electron chi connectivity index (χ2n) is 6.29. The molecule has 1 N–H and O–H groups in total. The zero-order chi connectivity index (χ0) is 16.2. The van der Waals surface area contributed by atoms with Crippen LogP contribution in [0.1, 0.15) is 47.0 Å². The summed E-state index contributed by atoms with van der Waals surface area (Å²) in [7, 11) is 1.58. The molecule has 0 spiro atoms. The monoisotopic (exact) mass is 331 g/mol. The van der Waals surface area contributed by atoms with Crippen LogP contribution in [0.15, 0.2) is 30.3 Å². The van der Waals surface area contributed by atoms with Crippen LogP contribution in [0.3, 0.4) is 0 Å². The Bertz CT molecular complexity index is 653. The number of aryl methyl sites for hydroxylation is 1. The van der Waals surface area contributed by atoms with Gasteiger partial charge in [0.25, 0.3) is 0 Å². The van der Waals surface area contributed by atoms with Crippen molar-refractivity contribution < 1.29 is 9.84 Å². The molecule has 1 aliphatic rings. The first kappa shape index (κ1) is 16.3. The summed E-state index contributed by atoms with van der Waals surface area (Å²) in [6.45, 7) is 4.17. The fourth-order valence-corrected chi connectivity index (χ4v) is 4.43. The smallest absolute Gasteiger partial charge is 0.160 e. The van der Waals surface area contributed by atoms with Crippen molar-refractivity contribution in [2.75, 3.05) is 13.7 Å². The first-order valence-electron chi connectivity index (χ1n) is 8.33. The highest BCUT2D eigenvalue weighted by Gasteiger charge is 2.24. The number of rotatable bonds is 4. The minimum atomic E-state index is 0.225. The Morgan fingerprint density at radius 1 is 1.22 bits per heavy atom. The standard InChI is InChI=1S/C19H25NO2S/c1-14-7-10-19(23-14)16-6-4-3-5-11-20(16)13-15-8-9-18(22-2)17(21)12-15/h7-10,12,16,21H,3-6,11,13H2,1-2H3/t16-/m1/s1. The van der Waals surface area contributed by atoms with Gasteiger partial charge in [-0.05, 0) is 56.1 Å². The van der Waals surface area contributed by atoms with E-state index < -0.39 is 0 Å².